The molecule has 0 unspecified atom stereocenters. The lowest BCUT2D eigenvalue weighted by Gasteiger charge is -2.15. The predicted molar refractivity (Wildman–Crippen MR) is 67.9 cm³/mol. The minimum atomic E-state index is -0.290. The summed E-state index contributed by atoms with van der Waals surface area (Å²) in [5.74, 6) is -0.511. The Hall–Kier alpha value is -2.30. The Bertz CT molecular complexity index is 603. The molecule has 1 aliphatic heterocycles. The molecule has 0 spiro atoms. The van der Waals surface area contributed by atoms with Gasteiger partial charge in [0.05, 0.1) is 0 Å². The van der Waals surface area contributed by atoms with Crippen LogP contribution in [0.4, 0.5) is 5.69 Å². The molecule has 0 bridgehead atoms. The maximum Gasteiger partial charge on any atom is 0.232 e. The second-order valence-electron chi connectivity index (χ2n) is 4.41. The van der Waals surface area contributed by atoms with E-state index in [0.29, 0.717) is 11.1 Å². The fraction of sp³-hybridized carbons (Fsp3) is 0.286. The third kappa shape index (κ3) is 1.78. The van der Waals surface area contributed by atoms with Crippen LogP contribution >= 0.6 is 0 Å². The monoisotopic (exact) mass is 259 g/mol. The highest BCUT2D eigenvalue weighted by Crippen LogP contribution is 2.32. The van der Waals surface area contributed by atoms with Crippen molar-refractivity contribution in [3.63, 3.8) is 0 Å². The number of anilines is 1. The van der Waals surface area contributed by atoms with E-state index < -0.39 is 0 Å². The number of ketones is 2. The first-order chi connectivity index (χ1) is 9.22. The van der Waals surface area contributed by atoms with Crippen LogP contribution < -0.4 is 5.32 Å². The van der Waals surface area contributed by atoms with Crippen LogP contribution in [0.1, 0.15) is 34.1 Å². The molecule has 1 heterocycles. The van der Waals surface area contributed by atoms with Crippen molar-refractivity contribution in [3.05, 3.63) is 40.8 Å². The number of ether oxygens (including phenoxy) is 2. The van der Waals surface area contributed by atoms with E-state index in [9.17, 15) is 9.59 Å². The molecule has 0 aromatic heterocycles. The van der Waals surface area contributed by atoms with Gasteiger partial charge in [-0.05, 0) is 24.6 Å². The Balaban J connectivity index is 2.02. The summed E-state index contributed by atoms with van der Waals surface area (Å²) in [6.07, 6.45) is 0.982. The Kier molecular flexibility index (Phi) is 2.74. The van der Waals surface area contributed by atoms with Crippen LogP contribution in [0.15, 0.2) is 29.7 Å². The number of hydrogen-bond donors (Lipinski definition) is 1. The van der Waals surface area contributed by atoms with Gasteiger partial charge in [0.25, 0.3) is 0 Å². The number of hydrogen-bond acceptors (Lipinski definition) is 5. The van der Waals surface area contributed by atoms with Crippen molar-refractivity contribution in [2.45, 2.75) is 13.3 Å². The average molecular weight is 259 g/mol. The molecule has 1 N–H and O–H groups in total. The van der Waals surface area contributed by atoms with Crippen molar-refractivity contribution in [1.82, 2.24) is 0 Å². The molecule has 98 valence electrons. The summed E-state index contributed by atoms with van der Waals surface area (Å²) in [5.41, 5.74) is 1.57. The van der Waals surface area contributed by atoms with Crippen LogP contribution in [-0.2, 0) is 9.47 Å². The zero-order valence-corrected chi connectivity index (χ0v) is 10.5. The van der Waals surface area contributed by atoms with Crippen LogP contribution in [0.3, 0.4) is 0 Å². The van der Waals surface area contributed by atoms with Crippen molar-refractivity contribution >= 4 is 17.3 Å². The predicted octanol–water partition coefficient (Wildman–Crippen LogP) is 2.10. The fourth-order valence-corrected chi connectivity index (χ4v) is 2.17. The first-order valence-corrected chi connectivity index (χ1v) is 6.19. The maximum absolute atomic E-state index is 12.2. The SMILES string of the molecule is CCCNc1ccc2c(c1)C(=O)C1=C(OCO1)C2=O. The van der Waals surface area contributed by atoms with Crippen LogP contribution in [-0.4, -0.2) is 24.9 Å². The summed E-state index contributed by atoms with van der Waals surface area (Å²) in [5, 5.41) is 3.19. The molecule has 0 fully saturated rings. The van der Waals surface area contributed by atoms with E-state index >= 15 is 0 Å². The lowest BCUT2D eigenvalue weighted by Crippen LogP contribution is -2.20. The molecule has 1 aromatic rings. The summed E-state index contributed by atoms with van der Waals surface area (Å²) in [4.78, 5) is 24.4. The molecule has 0 saturated carbocycles. The number of allylic oxidation sites excluding steroid dienone is 2. The number of carbonyl (C=O) groups is 2. The quantitative estimate of drug-likeness (QED) is 0.900. The van der Waals surface area contributed by atoms with Gasteiger partial charge in [-0.1, -0.05) is 6.92 Å². The van der Waals surface area contributed by atoms with Gasteiger partial charge >= 0.3 is 0 Å². The van der Waals surface area contributed by atoms with Crippen LogP contribution in [0.5, 0.6) is 0 Å². The van der Waals surface area contributed by atoms with E-state index in [2.05, 4.69) is 12.2 Å². The number of benzene rings is 1. The minimum Gasteiger partial charge on any atom is -0.449 e. The van der Waals surface area contributed by atoms with Crippen molar-refractivity contribution in [3.8, 4) is 0 Å². The molecule has 1 aliphatic carbocycles. The molecule has 5 heteroatoms. The second kappa shape index (κ2) is 4.42. The maximum atomic E-state index is 12.2. The first kappa shape index (κ1) is 11.8. The molecule has 0 amide bonds. The highest BCUT2D eigenvalue weighted by Gasteiger charge is 2.38. The Labute approximate surface area is 110 Å². The molecular weight excluding hydrogens is 246 g/mol. The largest absolute Gasteiger partial charge is 0.449 e. The lowest BCUT2D eigenvalue weighted by atomic mass is 9.92. The highest BCUT2D eigenvalue weighted by atomic mass is 16.7. The van der Waals surface area contributed by atoms with Crippen LogP contribution in [0.25, 0.3) is 0 Å². The standard InChI is InChI=1S/C14H13NO4/c1-2-5-15-8-3-4-9-10(6-8)12(17)14-13(11(9)16)18-7-19-14/h3-4,6,15H,2,5,7H2,1H3. The van der Waals surface area contributed by atoms with E-state index in [4.69, 9.17) is 9.47 Å². The Morgan fingerprint density at radius 3 is 2.47 bits per heavy atom. The van der Waals surface area contributed by atoms with Crippen LogP contribution in [0, 0.1) is 0 Å². The lowest BCUT2D eigenvalue weighted by molar-refractivity contribution is 0.0601. The average Bonchev–Trinajstić information content (AvgIpc) is 2.92. The number of carbonyl (C=O) groups excluding carboxylic acids is 2. The molecule has 1 aromatic carbocycles. The Morgan fingerprint density at radius 1 is 1.11 bits per heavy atom. The summed E-state index contributed by atoms with van der Waals surface area (Å²) in [6, 6.07) is 5.14. The first-order valence-electron chi connectivity index (χ1n) is 6.19. The Morgan fingerprint density at radius 2 is 1.79 bits per heavy atom. The van der Waals surface area contributed by atoms with E-state index in [1.165, 1.54) is 0 Å². The molecule has 19 heavy (non-hydrogen) atoms. The molecule has 0 atom stereocenters. The second-order valence-corrected chi connectivity index (χ2v) is 4.41. The zero-order valence-electron chi connectivity index (χ0n) is 10.5. The number of rotatable bonds is 3. The minimum absolute atomic E-state index is 0.0325. The van der Waals surface area contributed by atoms with Gasteiger partial charge in [0.1, 0.15) is 0 Å². The number of fused-ring (bicyclic) bond motifs is 1. The van der Waals surface area contributed by atoms with Gasteiger partial charge in [0, 0.05) is 23.4 Å². The van der Waals surface area contributed by atoms with Crippen molar-refractivity contribution in [2.24, 2.45) is 0 Å². The van der Waals surface area contributed by atoms with Gasteiger partial charge in [-0.25, -0.2) is 0 Å². The summed E-state index contributed by atoms with van der Waals surface area (Å²) in [7, 11) is 0. The highest BCUT2D eigenvalue weighted by molar-refractivity contribution is 6.25. The zero-order chi connectivity index (χ0) is 13.4. The summed E-state index contributed by atoms with van der Waals surface area (Å²) < 4.78 is 10.1. The third-order valence-corrected chi connectivity index (χ3v) is 3.11. The molecule has 5 nitrogen and oxygen atoms in total. The number of nitrogens with one attached hydrogen (secondary N) is 1. The van der Waals surface area contributed by atoms with Crippen molar-refractivity contribution < 1.29 is 19.1 Å². The van der Waals surface area contributed by atoms with E-state index in [1.807, 2.05) is 0 Å². The van der Waals surface area contributed by atoms with E-state index in [-0.39, 0.29) is 29.9 Å². The van der Waals surface area contributed by atoms with E-state index in [0.717, 1.165) is 18.7 Å². The van der Waals surface area contributed by atoms with Crippen LogP contribution in [0.2, 0.25) is 0 Å². The van der Waals surface area contributed by atoms with Gasteiger partial charge in [-0.15, -0.1) is 0 Å². The molecular formula is C14H13NO4. The van der Waals surface area contributed by atoms with Gasteiger partial charge < -0.3 is 14.8 Å². The third-order valence-electron chi connectivity index (χ3n) is 3.11. The van der Waals surface area contributed by atoms with Crippen molar-refractivity contribution in [2.75, 3.05) is 18.7 Å². The molecule has 0 saturated heterocycles. The topological polar surface area (TPSA) is 64.6 Å². The normalized spacial score (nSPS) is 16.7. The fourth-order valence-electron chi connectivity index (χ4n) is 2.17. The smallest absolute Gasteiger partial charge is 0.232 e. The van der Waals surface area contributed by atoms with Gasteiger partial charge in [-0.3, -0.25) is 9.59 Å². The van der Waals surface area contributed by atoms with Gasteiger partial charge in [0.2, 0.25) is 29.9 Å². The summed E-state index contributed by atoms with van der Waals surface area (Å²) >= 11 is 0. The van der Waals surface area contributed by atoms with E-state index in [1.54, 1.807) is 18.2 Å². The molecule has 3 rings (SSSR count). The molecule has 0 radical (unpaired) electrons. The van der Waals surface area contributed by atoms with Gasteiger partial charge in [0.15, 0.2) is 0 Å². The number of Topliss-reactive ketones (excluding diaryl/α,β-unsaturated/α-hetero) is 2. The van der Waals surface area contributed by atoms with Crippen molar-refractivity contribution in [1.29, 1.82) is 0 Å². The van der Waals surface area contributed by atoms with Gasteiger partial charge in [-0.2, -0.15) is 0 Å². The molecule has 2 aliphatic rings. The summed E-state index contributed by atoms with van der Waals surface area (Å²) in [6.45, 7) is 2.80.